The number of nitriles is 1. The number of aromatic amines is 1. The average Bonchev–Trinajstić information content (AvgIpc) is 2.98. The molecule has 0 saturated heterocycles. The summed E-state index contributed by atoms with van der Waals surface area (Å²) >= 11 is 5.99. The first-order valence-corrected chi connectivity index (χ1v) is 8.35. The maximum atomic E-state index is 12.6. The molecule has 2 aromatic heterocycles. The largest absolute Gasteiger partial charge is 0.305 e. The molecule has 0 spiro atoms. The summed E-state index contributed by atoms with van der Waals surface area (Å²) in [5.41, 5.74) is 3.05. The van der Waals surface area contributed by atoms with Crippen LogP contribution in [-0.4, -0.2) is 14.8 Å². The highest BCUT2D eigenvalue weighted by Gasteiger charge is 2.20. The number of aromatic nitrogens is 3. The number of pyridine rings is 1. The Balaban J connectivity index is 2.14. The van der Waals surface area contributed by atoms with E-state index in [4.69, 9.17) is 11.6 Å². The van der Waals surface area contributed by atoms with Gasteiger partial charge < -0.3 is 4.98 Å². The van der Waals surface area contributed by atoms with Crippen LogP contribution in [0, 0.1) is 18.3 Å². The van der Waals surface area contributed by atoms with Crippen LogP contribution < -0.4 is 5.56 Å². The smallest absolute Gasteiger partial charge is 0.268 e. The first-order chi connectivity index (χ1) is 12.6. The van der Waals surface area contributed by atoms with Gasteiger partial charge in [-0.25, -0.2) is 4.68 Å². The monoisotopic (exact) mass is 360 g/mol. The van der Waals surface area contributed by atoms with Crippen LogP contribution in [0.4, 0.5) is 0 Å². The van der Waals surface area contributed by atoms with E-state index in [-0.39, 0.29) is 5.56 Å². The predicted octanol–water partition coefficient (Wildman–Crippen LogP) is 4.21. The predicted molar refractivity (Wildman–Crippen MR) is 102 cm³/mol. The molecule has 0 aliphatic heterocycles. The lowest BCUT2D eigenvalue weighted by molar-refractivity contribution is 0.875. The Morgan fingerprint density at radius 1 is 1.12 bits per heavy atom. The summed E-state index contributed by atoms with van der Waals surface area (Å²) in [5, 5.41) is 15.5. The van der Waals surface area contributed by atoms with Gasteiger partial charge >= 0.3 is 0 Å². The zero-order chi connectivity index (χ0) is 18.3. The minimum atomic E-state index is -0.443. The third kappa shape index (κ3) is 2.48. The molecular weight excluding hydrogens is 348 g/mol. The summed E-state index contributed by atoms with van der Waals surface area (Å²) in [6, 6.07) is 18.6. The lowest BCUT2D eigenvalue weighted by Gasteiger charge is -2.08. The lowest BCUT2D eigenvalue weighted by atomic mass is 9.98. The highest BCUT2D eigenvalue weighted by molar-refractivity contribution is 6.30. The molecule has 26 heavy (non-hydrogen) atoms. The van der Waals surface area contributed by atoms with E-state index in [1.807, 2.05) is 43.3 Å². The first kappa shape index (κ1) is 16.1. The molecular formula is C20H13ClN4O. The van der Waals surface area contributed by atoms with Crippen LogP contribution in [0.1, 0.15) is 11.3 Å². The van der Waals surface area contributed by atoms with E-state index in [1.165, 1.54) is 0 Å². The molecule has 2 aromatic carbocycles. The van der Waals surface area contributed by atoms with E-state index < -0.39 is 5.56 Å². The number of rotatable bonds is 2. The van der Waals surface area contributed by atoms with Crippen LogP contribution in [0.25, 0.3) is 27.8 Å². The summed E-state index contributed by atoms with van der Waals surface area (Å²) in [6.07, 6.45) is 0. The topological polar surface area (TPSA) is 74.5 Å². The molecule has 0 amide bonds. The second-order valence-corrected chi connectivity index (χ2v) is 6.32. The Hall–Kier alpha value is -3.36. The van der Waals surface area contributed by atoms with Crippen molar-refractivity contribution in [2.24, 2.45) is 0 Å². The normalized spacial score (nSPS) is 10.8. The maximum Gasteiger partial charge on any atom is 0.268 e. The molecule has 5 nitrogen and oxygen atoms in total. The third-order valence-electron chi connectivity index (χ3n) is 4.26. The molecule has 2 heterocycles. The highest BCUT2D eigenvalue weighted by atomic mass is 35.5. The van der Waals surface area contributed by atoms with Gasteiger partial charge in [0.15, 0.2) is 0 Å². The van der Waals surface area contributed by atoms with Gasteiger partial charge in [-0.05, 0) is 36.8 Å². The summed E-state index contributed by atoms with van der Waals surface area (Å²) in [4.78, 5) is 15.4. The molecule has 0 saturated carbocycles. The van der Waals surface area contributed by atoms with Crippen molar-refractivity contribution in [2.75, 3.05) is 0 Å². The van der Waals surface area contributed by atoms with E-state index in [1.54, 1.807) is 28.9 Å². The number of aryl methyl sites for hydroxylation is 1. The van der Waals surface area contributed by atoms with Crippen molar-refractivity contribution in [3.63, 3.8) is 0 Å². The summed E-state index contributed by atoms with van der Waals surface area (Å²) in [6.45, 7) is 1.86. The van der Waals surface area contributed by atoms with Crippen molar-refractivity contribution in [3.8, 4) is 22.9 Å². The van der Waals surface area contributed by atoms with Gasteiger partial charge in [0.25, 0.3) is 5.56 Å². The van der Waals surface area contributed by atoms with Gasteiger partial charge in [0, 0.05) is 16.0 Å². The van der Waals surface area contributed by atoms with Gasteiger partial charge in [0.05, 0.1) is 11.4 Å². The third-order valence-corrected chi connectivity index (χ3v) is 4.52. The first-order valence-electron chi connectivity index (χ1n) is 7.97. The van der Waals surface area contributed by atoms with Gasteiger partial charge in [-0.15, -0.1) is 0 Å². The van der Waals surface area contributed by atoms with Gasteiger partial charge in [-0.2, -0.15) is 10.4 Å². The van der Waals surface area contributed by atoms with Gasteiger partial charge in [0.2, 0.25) is 0 Å². The number of fused-ring (bicyclic) bond motifs is 1. The maximum absolute atomic E-state index is 12.6. The molecule has 4 rings (SSSR count). The zero-order valence-corrected chi connectivity index (χ0v) is 14.6. The van der Waals surface area contributed by atoms with Crippen LogP contribution in [-0.2, 0) is 0 Å². The Kier molecular flexibility index (Phi) is 3.83. The highest BCUT2D eigenvalue weighted by Crippen LogP contribution is 2.33. The summed E-state index contributed by atoms with van der Waals surface area (Å²) in [5.74, 6) is 0. The van der Waals surface area contributed by atoms with Crippen molar-refractivity contribution < 1.29 is 0 Å². The number of halogens is 1. The van der Waals surface area contributed by atoms with Crippen molar-refractivity contribution >= 4 is 22.6 Å². The Bertz CT molecular complexity index is 1220. The second kappa shape index (κ2) is 6.17. The number of benzene rings is 2. The van der Waals surface area contributed by atoms with Crippen LogP contribution >= 0.6 is 11.6 Å². The molecule has 4 aromatic rings. The summed E-state index contributed by atoms with van der Waals surface area (Å²) in [7, 11) is 0. The Morgan fingerprint density at radius 3 is 2.46 bits per heavy atom. The second-order valence-electron chi connectivity index (χ2n) is 5.88. The van der Waals surface area contributed by atoms with Gasteiger partial charge in [-0.1, -0.05) is 41.9 Å². The van der Waals surface area contributed by atoms with E-state index in [2.05, 4.69) is 10.1 Å². The zero-order valence-electron chi connectivity index (χ0n) is 13.8. The van der Waals surface area contributed by atoms with Crippen molar-refractivity contribution in [3.05, 3.63) is 81.2 Å². The van der Waals surface area contributed by atoms with Crippen LogP contribution in [0.3, 0.4) is 0 Å². The van der Waals surface area contributed by atoms with E-state index >= 15 is 0 Å². The minimum Gasteiger partial charge on any atom is -0.305 e. The van der Waals surface area contributed by atoms with Crippen molar-refractivity contribution in [2.45, 2.75) is 6.92 Å². The fourth-order valence-electron chi connectivity index (χ4n) is 3.12. The number of para-hydroxylation sites is 1. The molecule has 0 atom stereocenters. The number of nitrogens with zero attached hydrogens (tertiary/aromatic N) is 3. The van der Waals surface area contributed by atoms with Crippen molar-refractivity contribution in [1.29, 1.82) is 5.26 Å². The molecule has 0 aliphatic rings. The van der Waals surface area contributed by atoms with E-state index in [9.17, 15) is 10.1 Å². The van der Waals surface area contributed by atoms with E-state index in [0.29, 0.717) is 16.2 Å². The Labute approximate surface area is 154 Å². The Morgan fingerprint density at radius 2 is 1.81 bits per heavy atom. The minimum absolute atomic E-state index is 0.0653. The number of hydrogen-bond donors (Lipinski definition) is 1. The molecule has 0 fully saturated rings. The SMILES string of the molecule is Cc1nn(-c2ccccc2)c2[nH]c(=O)c(C#N)c(-c3ccc(Cl)cc3)c12. The van der Waals surface area contributed by atoms with Gasteiger partial charge in [0.1, 0.15) is 17.3 Å². The quantitative estimate of drug-likeness (QED) is 0.581. The van der Waals surface area contributed by atoms with Crippen LogP contribution in [0.15, 0.2) is 59.4 Å². The fourth-order valence-corrected chi connectivity index (χ4v) is 3.24. The average molecular weight is 361 g/mol. The number of H-pyrrole nitrogens is 1. The molecule has 0 unspecified atom stereocenters. The molecule has 0 aliphatic carbocycles. The fraction of sp³-hybridized carbons (Fsp3) is 0.0500. The van der Waals surface area contributed by atoms with Gasteiger partial charge in [-0.3, -0.25) is 4.79 Å². The molecule has 126 valence electrons. The van der Waals surface area contributed by atoms with Crippen molar-refractivity contribution in [1.82, 2.24) is 14.8 Å². The molecule has 1 N–H and O–H groups in total. The molecule has 0 radical (unpaired) electrons. The standard InChI is InChI=1S/C20H13ClN4O/c1-12-17-18(13-7-9-14(21)10-8-13)16(11-22)20(26)23-19(17)25(24-12)15-5-3-2-4-6-15/h2-10H,1H3,(H,23,26). The van der Waals surface area contributed by atoms with E-state index in [0.717, 1.165) is 22.3 Å². The molecule has 6 heteroatoms. The number of hydrogen-bond acceptors (Lipinski definition) is 3. The summed E-state index contributed by atoms with van der Waals surface area (Å²) < 4.78 is 1.69. The molecule has 0 bridgehead atoms. The lowest BCUT2D eigenvalue weighted by Crippen LogP contribution is -2.13. The van der Waals surface area contributed by atoms with Crippen LogP contribution in [0.2, 0.25) is 5.02 Å². The number of nitrogens with one attached hydrogen (secondary N) is 1. The van der Waals surface area contributed by atoms with Crippen LogP contribution in [0.5, 0.6) is 0 Å².